The molecule has 1 saturated carbocycles. The van der Waals surface area contributed by atoms with Crippen LogP contribution in [-0.4, -0.2) is 67.6 Å². The Morgan fingerprint density at radius 1 is 1.15 bits per heavy atom. The molecule has 0 atom stereocenters. The second-order valence-electron chi connectivity index (χ2n) is 8.26. The molecular weight excluding hydrogens is 426 g/mol. The van der Waals surface area contributed by atoms with Gasteiger partial charge in [0, 0.05) is 49.2 Å². The van der Waals surface area contributed by atoms with E-state index in [4.69, 9.17) is 4.74 Å². The molecule has 2 aliphatic rings. The predicted octanol–water partition coefficient (Wildman–Crippen LogP) is 2.72. The molecule has 10 heteroatoms. The maximum atomic E-state index is 12.8. The fourth-order valence-corrected chi connectivity index (χ4v) is 3.67. The highest BCUT2D eigenvalue weighted by molar-refractivity contribution is 6.00. The van der Waals surface area contributed by atoms with Crippen LogP contribution >= 0.6 is 0 Å². The van der Waals surface area contributed by atoms with E-state index >= 15 is 0 Å². The van der Waals surface area contributed by atoms with Crippen molar-refractivity contribution in [2.45, 2.75) is 18.9 Å². The van der Waals surface area contributed by atoms with Gasteiger partial charge in [-0.05, 0) is 49.2 Å². The first kappa shape index (κ1) is 22.5. The Morgan fingerprint density at radius 2 is 1.85 bits per heavy atom. The van der Waals surface area contributed by atoms with Gasteiger partial charge in [-0.15, -0.1) is 0 Å². The van der Waals surface area contributed by atoms with Gasteiger partial charge in [0.05, 0.1) is 24.7 Å². The number of likely N-dealkylation sites (N-methyl/N-ethyl adjacent to an activating group) is 1. The molecule has 2 aromatic rings. The number of nitro groups is 1. The predicted molar refractivity (Wildman–Crippen MR) is 125 cm³/mol. The first-order valence-electron chi connectivity index (χ1n) is 10.9. The third-order valence-electron chi connectivity index (χ3n) is 5.63. The number of carbonyl (C=O) groups excluding carboxylic acids is 2. The minimum absolute atomic E-state index is 0.147. The highest BCUT2D eigenvalue weighted by atomic mass is 16.6. The third kappa shape index (κ3) is 5.78. The number of carbonyl (C=O) groups is 2. The van der Waals surface area contributed by atoms with Crippen molar-refractivity contribution in [2.75, 3.05) is 55.4 Å². The fraction of sp³-hybridized carbons (Fsp3) is 0.391. The zero-order valence-electron chi connectivity index (χ0n) is 18.5. The Morgan fingerprint density at radius 3 is 2.48 bits per heavy atom. The zero-order valence-corrected chi connectivity index (χ0v) is 18.5. The highest BCUT2D eigenvalue weighted by Gasteiger charge is 2.26. The summed E-state index contributed by atoms with van der Waals surface area (Å²) in [6, 6.07) is 12.1. The Hall–Kier alpha value is -3.66. The second-order valence-corrected chi connectivity index (χ2v) is 8.26. The van der Waals surface area contributed by atoms with Gasteiger partial charge in [-0.2, -0.15) is 0 Å². The van der Waals surface area contributed by atoms with E-state index in [-0.39, 0.29) is 29.7 Å². The van der Waals surface area contributed by atoms with Crippen molar-refractivity contribution in [2.24, 2.45) is 0 Å². The minimum Gasteiger partial charge on any atom is -0.378 e. The Bertz CT molecular complexity index is 1030. The molecule has 2 N–H and O–H groups in total. The van der Waals surface area contributed by atoms with E-state index in [1.165, 1.54) is 18.0 Å². The zero-order chi connectivity index (χ0) is 23.4. The van der Waals surface area contributed by atoms with Crippen LogP contribution in [0, 0.1) is 10.1 Å². The third-order valence-corrected chi connectivity index (χ3v) is 5.63. The van der Waals surface area contributed by atoms with Crippen molar-refractivity contribution < 1.29 is 19.2 Å². The van der Waals surface area contributed by atoms with E-state index in [0.29, 0.717) is 24.6 Å². The van der Waals surface area contributed by atoms with Gasteiger partial charge in [-0.3, -0.25) is 19.7 Å². The Labute approximate surface area is 191 Å². The van der Waals surface area contributed by atoms with Crippen molar-refractivity contribution in [3.05, 3.63) is 58.1 Å². The number of nitrogens with zero attached hydrogens (tertiary/aromatic N) is 3. The molecule has 33 heavy (non-hydrogen) atoms. The molecule has 0 aromatic heterocycles. The number of nitro benzene ring substituents is 1. The molecule has 1 aliphatic carbocycles. The molecule has 1 heterocycles. The van der Waals surface area contributed by atoms with Crippen LogP contribution in [0.25, 0.3) is 0 Å². The van der Waals surface area contributed by atoms with Crippen LogP contribution in [0.15, 0.2) is 42.5 Å². The molecule has 10 nitrogen and oxygen atoms in total. The molecule has 0 spiro atoms. The van der Waals surface area contributed by atoms with Gasteiger partial charge in [-0.25, -0.2) is 0 Å². The molecule has 2 amide bonds. The fourth-order valence-electron chi connectivity index (χ4n) is 3.67. The monoisotopic (exact) mass is 453 g/mol. The van der Waals surface area contributed by atoms with Crippen LogP contribution in [0.3, 0.4) is 0 Å². The van der Waals surface area contributed by atoms with E-state index in [1.807, 2.05) is 24.3 Å². The molecule has 0 unspecified atom stereocenters. The van der Waals surface area contributed by atoms with Gasteiger partial charge in [0.1, 0.15) is 5.69 Å². The van der Waals surface area contributed by atoms with Crippen molar-refractivity contribution in [3.8, 4) is 0 Å². The molecule has 4 rings (SSSR count). The normalized spacial score (nSPS) is 15.6. The molecular formula is C23H27N5O5. The molecule has 2 fully saturated rings. The first-order chi connectivity index (χ1) is 15.9. The standard InChI is InChI=1S/C23H27N5O5/c1-26(23(30)16-2-9-20(24-17-3-4-17)21(14-16)28(31)32)15-22(29)25-18-5-7-19(8-6-18)27-10-12-33-13-11-27/h2,5-9,14,17,24H,3-4,10-13,15H2,1H3,(H,25,29). The number of rotatable bonds is 8. The molecule has 2 aromatic carbocycles. The highest BCUT2D eigenvalue weighted by Crippen LogP contribution is 2.31. The maximum absolute atomic E-state index is 12.8. The molecule has 174 valence electrons. The van der Waals surface area contributed by atoms with Gasteiger partial charge >= 0.3 is 0 Å². The summed E-state index contributed by atoms with van der Waals surface area (Å²) >= 11 is 0. The van der Waals surface area contributed by atoms with Gasteiger partial charge in [0.2, 0.25) is 5.91 Å². The number of anilines is 3. The van der Waals surface area contributed by atoms with E-state index < -0.39 is 10.8 Å². The summed E-state index contributed by atoms with van der Waals surface area (Å²) in [6.45, 7) is 2.87. The molecule has 1 aliphatic heterocycles. The average Bonchev–Trinajstić information content (AvgIpc) is 3.63. The molecule has 0 bridgehead atoms. The Kier molecular flexibility index (Phi) is 6.74. The van der Waals surface area contributed by atoms with Gasteiger partial charge in [0.15, 0.2) is 0 Å². The second kappa shape index (κ2) is 9.86. The van der Waals surface area contributed by atoms with Crippen LogP contribution < -0.4 is 15.5 Å². The SMILES string of the molecule is CN(CC(=O)Nc1ccc(N2CCOCC2)cc1)C(=O)c1ccc(NC2CC2)c([N+](=O)[O-])c1. The number of morpholine rings is 1. The van der Waals surface area contributed by atoms with Crippen LogP contribution in [0.5, 0.6) is 0 Å². The smallest absolute Gasteiger partial charge is 0.293 e. The summed E-state index contributed by atoms with van der Waals surface area (Å²) in [5, 5.41) is 17.3. The number of amides is 2. The largest absolute Gasteiger partial charge is 0.378 e. The molecule has 0 radical (unpaired) electrons. The first-order valence-corrected chi connectivity index (χ1v) is 10.9. The van der Waals surface area contributed by atoms with Gasteiger partial charge in [0.25, 0.3) is 11.6 Å². The summed E-state index contributed by atoms with van der Waals surface area (Å²) in [7, 11) is 1.49. The van der Waals surface area contributed by atoms with Crippen molar-refractivity contribution in [3.63, 3.8) is 0 Å². The topological polar surface area (TPSA) is 117 Å². The maximum Gasteiger partial charge on any atom is 0.293 e. The van der Waals surface area contributed by atoms with E-state index in [2.05, 4.69) is 15.5 Å². The van der Waals surface area contributed by atoms with E-state index in [9.17, 15) is 19.7 Å². The number of ether oxygens (including phenoxy) is 1. The lowest BCUT2D eigenvalue weighted by atomic mass is 10.1. The number of benzene rings is 2. The summed E-state index contributed by atoms with van der Waals surface area (Å²) in [6.07, 6.45) is 1.96. The van der Waals surface area contributed by atoms with Crippen LogP contribution in [0.2, 0.25) is 0 Å². The lowest BCUT2D eigenvalue weighted by Gasteiger charge is -2.28. The average molecular weight is 453 g/mol. The lowest BCUT2D eigenvalue weighted by molar-refractivity contribution is -0.384. The van der Waals surface area contributed by atoms with Crippen LogP contribution in [-0.2, 0) is 9.53 Å². The van der Waals surface area contributed by atoms with Crippen molar-refractivity contribution in [1.82, 2.24) is 4.90 Å². The van der Waals surface area contributed by atoms with Gasteiger partial charge < -0.3 is 25.2 Å². The van der Waals surface area contributed by atoms with Crippen molar-refractivity contribution in [1.29, 1.82) is 0 Å². The summed E-state index contributed by atoms with van der Waals surface area (Å²) in [5.74, 6) is -0.819. The van der Waals surface area contributed by atoms with Crippen LogP contribution in [0.1, 0.15) is 23.2 Å². The summed E-state index contributed by atoms with van der Waals surface area (Å²) < 4.78 is 5.36. The van der Waals surface area contributed by atoms with E-state index in [0.717, 1.165) is 31.6 Å². The van der Waals surface area contributed by atoms with Crippen molar-refractivity contribution >= 4 is 34.6 Å². The molecule has 1 saturated heterocycles. The number of hydrogen-bond donors (Lipinski definition) is 2. The number of nitrogens with one attached hydrogen (secondary N) is 2. The summed E-state index contributed by atoms with van der Waals surface area (Å²) in [5.41, 5.74) is 2.10. The lowest BCUT2D eigenvalue weighted by Crippen LogP contribution is -2.36. The number of hydrogen-bond acceptors (Lipinski definition) is 7. The van der Waals surface area contributed by atoms with E-state index in [1.54, 1.807) is 12.1 Å². The Balaban J connectivity index is 1.34. The minimum atomic E-state index is -0.505. The van der Waals surface area contributed by atoms with Crippen LogP contribution in [0.4, 0.5) is 22.7 Å². The van der Waals surface area contributed by atoms with Gasteiger partial charge in [-0.1, -0.05) is 0 Å². The quantitative estimate of drug-likeness (QED) is 0.466. The summed E-state index contributed by atoms with van der Waals surface area (Å²) in [4.78, 5) is 39.6.